The van der Waals surface area contributed by atoms with Gasteiger partial charge in [-0.2, -0.15) is 30.7 Å². The minimum absolute atomic E-state index is 0.0524. The molecule has 1 saturated heterocycles. The Kier molecular flexibility index (Phi) is 11.8. The molecule has 0 spiro atoms. The van der Waals surface area contributed by atoms with Crippen LogP contribution in [0.3, 0.4) is 0 Å². The van der Waals surface area contributed by atoms with E-state index in [0.29, 0.717) is 13.0 Å². The van der Waals surface area contributed by atoms with Crippen LogP contribution < -0.4 is 0 Å². The van der Waals surface area contributed by atoms with Crippen LogP contribution in [0, 0.1) is 0 Å². The van der Waals surface area contributed by atoms with Crippen molar-refractivity contribution in [3.8, 4) is 0 Å². The van der Waals surface area contributed by atoms with Gasteiger partial charge in [0, 0.05) is 19.6 Å². The van der Waals surface area contributed by atoms with E-state index in [4.69, 9.17) is 9.47 Å². The predicted molar refractivity (Wildman–Crippen MR) is 96.3 cm³/mol. The maximum atomic E-state index is 13.1. The van der Waals surface area contributed by atoms with Gasteiger partial charge in [-0.05, 0) is 32.1 Å². The number of rotatable bonds is 15. The van der Waals surface area contributed by atoms with E-state index < -0.39 is 24.4 Å². The van der Waals surface area contributed by atoms with Crippen LogP contribution in [0.2, 0.25) is 0 Å². The zero-order chi connectivity index (χ0) is 21.8. The Morgan fingerprint density at radius 3 is 1.69 bits per heavy atom. The second-order valence-electron chi connectivity index (χ2n) is 7.73. The van der Waals surface area contributed by atoms with Crippen LogP contribution in [0.15, 0.2) is 0 Å². The number of hydrogen-bond acceptors (Lipinski definition) is 2. The summed E-state index contributed by atoms with van der Waals surface area (Å²) in [6.07, 6.45) is 2.75. The summed E-state index contributed by atoms with van der Waals surface area (Å²) in [5.41, 5.74) is 0. The minimum atomic E-state index is -6.23. The van der Waals surface area contributed by atoms with Crippen molar-refractivity contribution >= 4 is 0 Å². The maximum absolute atomic E-state index is 13.1. The lowest BCUT2D eigenvalue weighted by Crippen LogP contribution is -2.51. The lowest BCUT2D eigenvalue weighted by atomic mass is 10.0. The average molecular weight is 438 g/mol. The maximum Gasteiger partial charge on any atom is 0.459 e. The molecule has 0 aromatic rings. The van der Waals surface area contributed by atoms with Crippen LogP contribution in [0.25, 0.3) is 0 Å². The Labute approximate surface area is 168 Å². The number of unbranched alkanes of at least 4 members (excludes halogenated alkanes) is 9. The van der Waals surface area contributed by atoms with Crippen molar-refractivity contribution in [2.75, 3.05) is 13.2 Å². The molecule has 0 saturated carbocycles. The molecule has 1 fully saturated rings. The quantitative estimate of drug-likeness (QED) is 0.193. The molecule has 1 rings (SSSR count). The van der Waals surface area contributed by atoms with Gasteiger partial charge in [0.1, 0.15) is 0 Å². The van der Waals surface area contributed by atoms with E-state index in [9.17, 15) is 30.7 Å². The highest BCUT2D eigenvalue weighted by Crippen LogP contribution is 2.48. The summed E-state index contributed by atoms with van der Waals surface area (Å²) < 4.78 is 98.9. The molecule has 1 aliphatic rings. The third-order valence-corrected chi connectivity index (χ3v) is 5.14. The number of alkyl halides is 7. The molecule has 29 heavy (non-hydrogen) atoms. The smallest absolute Gasteiger partial charge is 0.353 e. The fraction of sp³-hybridized carbons (Fsp3) is 1.00. The standard InChI is InChI=1S/C20H33F7O2/c21-18(22,19(23,24)20(25,26)27)14-10-7-5-3-1-2-4-6-8-11-15-28-17-13-9-12-16-29-17/h17H,1-16H2. The van der Waals surface area contributed by atoms with Crippen molar-refractivity contribution in [3.63, 3.8) is 0 Å². The second kappa shape index (κ2) is 13.0. The number of halogens is 7. The Hall–Kier alpha value is -0.570. The molecular formula is C20H33F7O2. The molecule has 0 N–H and O–H groups in total. The molecule has 2 nitrogen and oxygen atoms in total. The monoisotopic (exact) mass is 438 g/mol. The summed E-state index contributed by atoms with van der Waals surface area (Å²) in [4.78, 5) is 0. The van der Waals surface area contributed by atoms with E-state index in [-0.39, 0.29) is 19.1 Å². The van der Waals surface area contributed by atoms with Crippen molar-refractivity contribution in [1.29, 1.82) is 0 Å². The average Bonchev–Trinajstić information content (AvgIpc) is 2.65. The van der Waals surface area contributed by atoms with Gasteiger partial charge in [-0.1, -0.05) is 51.4 Å². The van der Waals surface area contributed by atoms with Crippen LogP contribution >= 0.6 is 0 Å². The summed E-state index contributed by atoms with van der Waals surface area (Å²) >= 11 is 0. The molecule has 174 valence electrons. The fourth-order valence-corrected chi connectivity index (χ4v) is 3.29. The molecule has 0 amide bonds. The highest BCUT2D eigenvalue weighted by Gasteiger charge is 2.72. The van der Waals surface area contributed by atoms with Gasteiger partial charge in [-0.25, -0.2) is 0 Å². The normalized spacial score (nSPS) is 18.9. The van der Waals surface area contributed by atoms with Crippen LogP contribution in [0.4, 0.5) is 30.7 Å². The third-order valence-electron chi connectivity index (χ3n) is 5.14. The van der Waals surface area contributed by atoms with Gasteiger partial charge in [0.25, 0.3) is 0 Å². The first-order valence-electron chi connectivity index (χ1n) is 10.6. The van der Waals surface area contributed by atoms with E-state index in [0.717, 1.165) is 70.8 Å². The Balaban J connectivity index is 1.91. The Morgan fingerprint density at radius 2 is 1.21 bits per heavy atom. The first-order valence-corrected chi connectivity index (χ1v) is 10.6. The summed E-state index contributed by atoms with van der Waals surface area (Å²) in [5, 5.41) is 0. The van der Waals surface area contributed by atoms with E-state index in [1.165, 1.54) is 0 Å². The fourth-order valence-electron chi connectivity index (χ4n) is 3.29. The Bertz CT molecular complexity index is 422. The van der Waals surface area contributed by atoms with Crippen LogP contribution in [0.1, 0.15) is 89.9 Å². The van der Waals surface area contributed by atoms with Gasteiger partial charge in [-0.15, -0.1) is 0 Å². The van der Waals surface area contributed by atoms with Gasteiger partial charge in [0.05, 0.1) is 0 Å². The van der Waals surface area contributed by atoms with Crippen molar-refractivity contribution < 1.29 is 40.2 Å². The molecular weight excluding hydrogens is 405 g/mol. The summed E-state index contributed by atoms with van der Waals surface area (Å²) in [6.45, 7) is 1.47. The lowest BCUT2D eigenvalue weighted by molar-refractivity contribution is -0.355. The largest absolute Gasteiger partial charge is 0.459 e. The van der Waals surface area contributed by atoms with E-state index in [2.05, 4.69) is 0 Å². The molecule has 9 heteroatoms. The molecule has 0 aliphatic carbocycles. The van der Waals surface area contributed by atoms with Gasteiger partial charge < -0.3 is 9.47 Å². The summed E-state index contributed by atoms with van der Waals surface area (Å²) in [5.74, 6) is -11.0. The van der Waals surface area contributed by atoms with Gasteiger partial charge in [-0.3, -0.25) is 0 Å². The molecule has 0 radical (unpaired) electrons. The minimum Gasteiger partial charge on any atom is -0.353 e. The summed E-state index contributed by atoms with van der Waals surface area (Å²) in [6, 6.07) is 0. The molecule has 1 heterocycles. The van der Waals surface area contributed by atoms with Crippen molar-refractivity contribution in [2.45, 2.75) is 114 Å². The van der Waals surface area contributed by atoms with Crippen LogP contribution in [0.5, 0.6) is 0 Å². The second-order valence-corrected chi connectivity index (χ2v) is 7.73. The Morgan fingerprint density at radius 1 is 0.690 bits per heavy atom. The number of ether oxygens (including phenoxy) is 2. The predicted octanol–water partition coefficient (Wildman–Crippen LogP) is 7.65. The highest BCUT2D eigenvalue weighted by atomic mass is 19.4. The van der Waals surface area contributed by atoms with Crippen molar-refractivity contribution in [1.82, 2.24) is 0 Å². The molecule has 0 aromatic heterocycles. The van der Waals surface area contributed by atoms with E-state index in [1.807, 2.05) is 0 Å². The van der Waals surface area contributed by atoms with Crippen molar-refractivity contribution in [2.24, 2.45) is 0 Å². The highest BCUT2D eigenvalue weighted by molar-refractivity contribution is 4.90. The molecule has 0 bridgehead atoms. The lowest BCUT2D eigenvalue weighted by Gasteiger charge is -2.28. The van der Waals surface area contributed by atoms with E-state index in [1.54, 1.807) is 0 Å². The topological polar surface area (TPSA) is 18.5 Å². The molecule has 1 aliphatic heterocycles. The zero-order valence-electron chi connectivity index (χ0n) is 16.9. The molecule has 1 atom stereocenters. The van der Waals surface area contributed by atoms with E-state index >= 15 is 0 Å². The number of hydrogen-bond donors (Lipinski definition) is 0. The first-order chi connectivity index (χ1) is 13.6. The SMILES string of the molecule is FC(F)(F)C(F)(F)C(F)(F)CCCCCCCCCCCCOC1CCCCO1. The van der Waals surface area contributed by atoms with Gasteiger partial charge >= 0.3 is 18.0 Å². The van der Waals surface area contributed by atoms with Gasteiger partial charge in [0.15, 0.2) is 6.29 Å². The summed E-state index contributed by atoms with van der Waals surface area (Å²) in [7, 11) is 0. The van der Waals surface area contributed by atoms with Crippen LogP contribution in [-0.2, 0) is 9.47 Å². The first kappa shape index (κ1) is 26.5. The third kappa shape index (κ3) is 9.85. The molecule has 0 aromatic carbocycles. The van der Waals surface area contributed by atoms with Crippen molar-refractivity contribution in [3.05, 3.63) is 0 Å². The van der Waals surface area contributed by atoms with Gasteiger partial charge in [0.2, 0.25) is 0 Å². The zero-order valence-corrected chi connectivity index (χ0v) is 16.9. The van der Waals surface area contributed by atoms with Crippen LogP contribution in [-0.4, -0.2) is 37.5 Å². The molecule has 1 unspecified atom stereocenters.